The molecule has 3 heteroatoms. The lowest BCUT2D eigenvalue weighted by molar-refractivity contribution is -0.0666. The van der Waals surface area contributed by atoms with Crippen LogP contribution in [0.1, 0.15) is 33.1 Å². The van der Waals surface area contributed by atoms with Crippen molar-refractivity contribution in [2.45, 2.75) is 44.8 Å². The van der Waals surface area contributed by atoms with Crippen molar-refractivity contribution in [1.82, 2.24) is 9.80 Å². The van der Waals surface area contributed by atoms with E-state index in [2.05, 4.69) is 23.6 Å². The number of aliphatic hydroxyl groups is 1. The van der Waals surface area contributed by atoms with Gasteiger partial charge in [0.25, 0.3) is 0 Å². The molecule has 0 atom stereocenters. The minimum absolute atomic E-state index is 0.333. The highest BCUT2D eigenvalue weighted by molar-refractivity contribution is 4.91. The lowest BCUT2D eigenvalue weighted by Crippen LogP contribution is -2.55. The monoisotopic (exact) mass is 212 g/mol. The summed E-state index contributed by atoms with van der Waals surface area (Å²) in [5.41, 5.74) is -0.333. The first-order valence-electron chi connectivity index (χ1n) is 6.28. The largest absolute Gasteiger partial charge is 0.389 e. The van der Waals surface area contributed by atoms with E-state index in [4.69, 9.17) is 0 Å². The summed E-state index contributed by atoms with van der Waals surface area (Å²) in [5, 5.41) is 10.1. The Morgan fingerprint density at radius 3 is 2.13 bits per heavy atom. The van der Waals surface area contributed by atoms with Gasteiger partial charge in [-0.1, -0.05) is 0 Å². The molecule has 15 heavy (non-hydrogen) atoms. The molecule has 0 amide bonds. The Balaban J connectivity index is 1.73. The average molecular weight is 212 g/mol. The number of hydrogen-bond acceptors (Lipinski definition) is 3. The van der Waals surface area contributed by atoms with Crippen LogP contribution >= 0.6 is 0 Å². The van der Waals surface area contributed by atoms with E-state index in [0.717, 1.165) is 45.6 Å². The summed E-state index contributed by atoms with van der Waals surface area (Å²) >= 11 is 0. The molecule has 1 aliphatic carbocycles. The zero-order valence-electron chi connectivity index (χ0n) is 10.1. The quantitative estimate of drug-likeness (QED) is 0.754. The van der Waals surface area contributed by atoms with Crippen molar-refractivity contribution in [3.8, 4) is 0 Å². The van der Waals surface area contributed by atoms with Crippen LogP contribution in [-0.2, 0) is 0 Å². The summed E-state index contributed by atoms with van der Waals surface area (Å²) < 4.78 is 0. The third-order valence-electron chi connectivity index (χ3n) is 3.94. The number of rotatable bonds is 3. The molecular formula is C12H24N2O. The molecule has 0 aromatic heterocycles. The smallest absolute Gasteiger partial charge is 0.0774 e. The van der Waals surface area contributed by atoms with Crippen molar-refractivity contribution in [2.24, 2.45) is 0 Å². The topological polar surface area (TPSA) is 26.7 Å². The van der Waals surface area contributed by atoms with Gasteiger partial charge in [-0.3, -0.25) is 9.80 Å². The summed E-state index contributed by atoms with van der Waals surface area (Å²) in [7, 11) is 0. The van der Waals surface area contributed by atoms with Crippen molar-refractivity contribution in [3.63, 3.8) is 0 Å². The predicted octanol–water partition coefficient (Wildman–Crippen LogP) is 0.927. The lowest BCUT2D eigenvalue weighted by Gasteiger charge is -2.44. The zero-order valence-corrected chi connectivity index (χ0v) is 10.1. The Hall–Kier alpha value is -0.120. The first-order valence-corrected chi connectivity index (χ1v) is 6.28. The summed E-state index contributed by atoms with van der Waals surface area (Å²) in [6, 6.07) is 0.666. The van der Waals surface area contributed by atoms with Crippen LogP contribution in [0.15, 0.2) is 0 Å². The second-order valence-electron chi connectivity index (χ2n) is 5.48. The van der Waals surface area contributed by atoms with Gasteiger partial charge in [-0.15, -0.1) is 0 Å². The number of hydrogen-bond donors (Lipinski definition) is 1. The molecule has 1 saturated carbocycles. The maximum absolute atomic E-state index is 10.1. The van der Waals surface area contributed by atoms with E-state index >= 15 is 0 Å². The van der Waals surface area contributed by atoms with Gasteiger partial charge >= 0.3 is 0 Å². The minimum atomic E-state index is -0.333. The Kier molecular flexibility index (Phi) is 3.33. The van der Waals surface area contributed by atoms with E-state index in [1.165, 1.54) is 6.42 Å². The van der Waals surface area contributed by atoms with Gasteiger partial charge in [0.05, 0.1) is 5.60 Å². The molecule has 1 aliphatic heterocycles. The predicted molar refractivity (Wildman–Crippen MR) is 61.9 cm³/mol. The Morgan fingerprint density at radius 1 is 1.13 bits per heavy atom. The van der Waals surface area contributed by atoms with Crippen LogP contribution < -0.4 is 0 Å². The van der Waals surface area contributed by atoms with E-state index in [1.54, 1.807) is 0 Å². The molecule has 2 fully saturated rings. The molecule has 0 aromatic carbocycles. The maximum atomic E-state index is 10.1. The van der Waals surface area contributed by atoms with Gasteiger partial charge in [-0.2, -0.15) is 0 Å². The normalized spacial score (nSPS) is 28.0. The standard InChI is InChI=1S/C12H24N2O/c1-11(2)14-8-6-13(7-9-14)10-12(15)4-3-5-12/h11,15H,3-10H2,1-2H3. The fourth-order valence-electron chi connectivity index (χ4n) is 2.60. The maximum Gasteiger partial charge on any atom is 0.0774 e. The minimum Gasteiger partial charge on any atom is -0.389 e. The van der Waals surface area contributed by atoms with E-state index in [1.807, 2.05) is 0 Å². The van der Waals surface area contributed by atoms with Crippen molar-refractivity contribution in [1.29, 1.82) is 0 Å². The Morgan fingerprint density at radius 2 is 1.73 bits per heavy atom. The number of nitrogens with zero attached hydrogens (tertiary/aromatic N) is 2. The summed E-state index contributed by atoms with van der Waals surface area (Å²) in [4.78, 5) is 4.94. The molecule has 2 aliphatic rings. The molecule has 0 radical (unpaired) electrons. The fraction of sp³-hybridized carbons (Fsp3) is 1.00. The summed E-state index contributed by atoms with van der Waals surface area (Å²) in [5.74, 6) is 0. The van der Waals surface area contributed by atoms with Crippen LogP contribution in [0.4, 0.5) is 0 Å². The molecule has 0 aromatic rings. The van der Waals surface area contributed by atoms with Gasteiger partial charge in [0.2, 0.25) is 0 Å². The Labute approximate surface area is 93.1 Å². The highest BCUT2D eigenvalue weighted by atomic mass is 16.3. The van der Waals surface area contributed by atoms with Gasteiger partial charge < -0.3 is 5.11 Å². The van der Waals surface area contributed by atoms with Crippen LogP contribution in [0.5, 0.6) is 0 Å². The van der Waals surface area contributed by atoms with Crippen LogP contribution in [0.2, 0.25) is 0 Å². The van der Waals surface area contributed by atoms with Crippen LogP contribution in [0, 0.1) is 0 Å². The molecule has 1 heterocycles. The van der Waals surface area contributed by atoms with Crippen LogP contribution in [-0.4, -0.2) is 59.3 Å². The zero-order chi connectivity index (χ0) is 10.9. The van der Waals surface area contributed by atoms with Gasteiger partial charge in [0, 0.05) is 38.8 Å². The highest BCUT2D eigenvalue weighted by Crippen LogP contribution is 2.32. The third-order valence-corrected chi connectivity index (χ3v) is 3.94. The van der Waals surface area contributed by atoms with Crippen molar-refractivity contribution in [3.05, 3.63) is 0 Å². The van der Waals surface area contributed by atoms with Crippen LogP contribution in [0.3, 0.4) is 0 Å². The second-order valence-corrected chi connectivity index (χ2v) is 5.48. The molecule has 0 unspecified atom stereocenters. The van der Waals surface area contributed by atoms with Crippen molar-refractivity contribution in [2.75, 3.05) is 32.7 Å². The molecular weight excluding hydrogens is 188 g/mol. The van der Waals surface area contributed by atoms with Crippen molar-refractivity contribution >= 4 is 0 Å². The second kappa shape index (κ2) is 4.40. The van der Waals surface area contributed by atoms with E-state index < -0.39 is 0 Å². The molecule has 1 saturated heterocycles. The third kappa shape index (κ3) is 2.71. The first-order chi connectivity index (χ1) is 7.09. The average Bonchev–Trinajstić information content (AvgIpc) is 2.16. The molecule has 0 bridgehead atoms. The highest BCUT2D eigenvalue weighted by Gasteiger charge is 2.36. The number of β-amino-alcohol motifs (C(OH)–C–C–N with tert-alkyl or cyclic N) is 1. The SMILES string of the molecule is CC(C)N1CCN(CC2(O)CCC2)CC1. The van der Waals surface area contributed by atoms with Gasteiger partial charge in [-0.05, 0) is 33.1 Å². The van der Waals surface area contributed by atoms with Crippen molar-refractivity contribution < 1.29 is 5.11 Å². The van der Waals surface area contributed by atoms with E-state index in [-0.39, 0.29) is 5.60 Å². The van der Waals surface area contributed by atoms with E-state index in [0.29, 0.717) is 6.04 Å². The molecule has 1 N–H and O–H groups in total. The van der Waals surface area contributed by atoms with Gasteiger partial charge in [0.1, 0.15) is 0 Å². The number of piperazine rings is 1. The van der Waals surface area contributed by atoms with E-state index in [9.17, 15) is 5.11 Å². The summed E-state index contributed by atoms with van der Waals surface area (Å²) in [6.45, 7) is 9.99. The van der Waals surface area contributed by atoms with Gasteiger partial charge in [-0.25, -0.2) is 0 Å². The first kappa shape index (κ1) is 11.4. The lowest BCUT2D eigenvalue weighted by atomic mass is 9.80. The molecule has 88 valence electrons. The fourth-order valence-corrected chi connectivity index (χ4v) is 2.60. The summed E-state index contributed by atoms with van der Waals surface area (Å²) in [6.07, 6.45) is 3.23. The van der Waals surface area contributed by atoms with Gasteiger partial charge in [0.15, 0.2) is 0 Å². The molecule has 0 spiro atoms. The molecule has 2 rings (SSSR count). The molecule has 3 nitrogen and oxygen atoms in total. The Bertz CT molecular complexity index is 206. The van der Waals surface area contributed by atoms with Crippen LogP contribution in [0.25, 0.3) is 0 Å².